The van der Waals surface area contributed by atoms with Gasteiger partial charge in [0.2, 0.25) is 11.7 Å². The minimum absolute atomic E-state index is 0.00541. The number of ether oxygens (including phenoxy) is 1. The molecule has 0 bridgehead atoms. The molecule has 0 saturated heterocycles. The zero-order chi connectivity index (χ0) is 23.7. The number of Topliss-reactive ketones (excluding diaryl/α,β-unsaturated/α-hetero) is 1. The molecule has 34 heavy (non-hydrogen) atoms. The first-order valence-electron chi connectivity index (χ1n) is 10.5. The van der Waals surface area contributed by atoms with E-state index in [-0.39, 0.29) is 18.0 Å². The van der Waals surface area contributed by atoms with Crippen molar-refractivity contribution in [3.8, 4) is 28.8 Å². The van der Waals surface area contributed by atoms with E-state index in [2.05, 4.69) is 10.4 Å². The van der Waals surface area contributed by atoms with E-state index in [0.717, 1.165) is 11.3 Å². The molecule has 1 atom stereocenters. The van der Waals surface area contributed by atoms with Crippen molar-refractivity contribution in [2.75, 3.05) is 5.32 Å². The minimum atomic E-state index is -1.65. The Morgan fingerprint density at radius 3 is 2.47 bits per heavy atom. The van der Waals surface area contributed by atoms with Gasteiger partial charge in [0, 0.05) is 16.8 Å². The summed E-state index contributed by atoms with van der Waals surface area (Å²) in [6.07, 6.45) is 0. The molecule has 2 heterocycles. The largest absolute Gasteiger partial charge is 0.488 e. The molecule has 7 nitrogen and oxygen atoms in total. The summed E-state index contributed by atoms with van der Waals surface area (Å²) in [4.78, 5) is 26.2. The van der Waals surface area contributed by atoms with Crippen LogP contribution in [0.15, 0.2) is 78.9 Å². The maximum Gasteiger partial charge on any atom is 0.249 e. The number of anilines is 1. The lowest BCUT2D eigenvalue weighted by atomic mass is 9.96. The molecule has 1 amide bonds. The van der Waals surface area contributed by atoms with Crippen LogP contribution in [0.1, 0.15) is 16.1 Å². The number of amides is 1. The normalized spacial score (nSPS) is 12.5. The maximum absolute atomic E-state index is 13.4. The third-order valence-corrected chi connectivity index (χ3v) is 5.50. The highest BCUT2D eigenvalue weighted by atomic mass is 19.1. The summed E-state index contributed by atoms with van der Waals surface area (Å²) >= 11 is 0. The lowest BCUT2D eigenvalue weighted by molar-refractivity contribution is -0.117. The average Bonchev–Trinajstić information content (AvgIpc) is 3.27. The SMILES string of the molecule is N#CC(C(=O)Nc1ccc(F)cc1)C(=O)c1nn(-c2ccccc2)c2c1COc1ccccc1-2. The number of nitrogens with zero attached hydrogens (tertiary/aromatic N) is 3. The summed E-state index contributed by atoms with van der Waals surface area (Å²) in [5.74, 6) is -3.03. The second-order valence-corrected chi connectivity index (χ2v) is 7.63. The van der Waals surface area contributed by atoms with Gasteiger partial charge in [0.1, 0.15) is 23.9 Å². The van der Waals surface area contributed by atoms with Gasteiger partial charge in [-0.15, -0.1) is 0 Å². The van der Waals surface area contributed by atoms with Gasteiger partial charge < -0.3 is 10.1 Å². The second-order valence-electron chi connectivity index (χ2n) is 7.63. The van der Waals surface area contributed by atoms with Crippen molar-refractivity contribution in [3.05, 3.63) is 95.9 Å². The number of nitriles is 1. The Morgan fingerprint density at radius 2 is 1.74 bits per heavy atom. The molecule has 0 spiro atoms. The van der Waals surface area contributed by atoms with Crippen molar-refractivity contribution in [3.63, 3.8) is 0 Å². The van der Waals surface area contributed by atoms with Gasteiger partial charge in [0.15, 0.2) is 5.92 Å². The average molecular weight is 452 g/mol. The van der Waals surface area contributed by atoms with E-state index >= 15 is 0 Å². The highest BCUT2D eigenvalue weighted by Crippen LogP contribution is 2.40. The molecular formula is C26H17FN4O3. The van der Waals surface area contributed by atoms with Gasteiger partial charge in [-0.3, -0.25) is 9.59 Å². The number of carbonyl (C=O) groups is 2. The number of aromatic nitrogens is 2. The van der Waals surface area contributed by atoms with Crippen LogP contribution in [0.2, 0.25) is 0 Å². The lowest BCUT2D eigenvalue weighted by Gasteiger charge is -2.19. The van der Waals surface area contributed by atoms with Crippen LogP contribution in [0.4, 0.5) is 10.1 Å². The zero-order valence-corrected chi connectivity index (χ0v) is 17.7. The monoisotopic (exact) mass is 452 g/mol. The van der Waals surface area contributed by atoms with Crippen LogP contribution >= 0.6 is 0 Å². The molecule has 5 rings (SSSR count). The van der Waals surface area contributed by atoms with E-state index in [1.807, 2.05) is 54.6 Å². The van der Waals surface area contributed by atoms with Crippen molar-refractivity contribution >= 4 is 17.4 Å². The van der Waals surface area contributed by atoms with Crippen molar-refractivity contribution < 1.29 is 18.7 Å². The number of para-hydroxylation sites is 2. The van der Waals surface area contributed by atoms with E-state index in [0.29, 0.717) is 17.0 Å². The second kappa shape index (κ2) is 8.64. The van der Waals surface area contributed by atoms with Gasteiger partial charge in [-0.25, -0.2) is 9.07 Å². The number of fused-ring (bicyclic) bond motifs is 3. The molecular weight excluding hydrogens is 435 g/mol. The van der Waals surface area contributed by atoms with Gasteiger partial charge in [-0.05, 0) is 48.5 Å². The van der Waals surface area contributed by atoms with Gasteiger partial charge in [0.25, 0.3) is 0 Å². The molecule has 0 saturated carbocycles. The van der Waals surface area contributed by atoms with E-state index < -0.39 is 23.4 Å². The molecule has 8 heteroatoms. The van der Waals surface area contributed by atoms with Crippen molar-refractivity contribution in [1.29, 1.82) is 5.26 Å². The predicted molar refractivity (Wildman–Crippen MR) is 122 cm³/mol. The highest BCUT2D eigenvalue weighted by Gasteiger charge is 2.36. The fourth-order valence-electron chi connectivity index (χ4n) is 3.88. The van der Waals surface area contributed by atoms with Crippen LogP contribution in [-0.4, -0.2) is 21.5 Å². The molecule has 0 radical (unpaired) electrons. The van der Waals surface area contributed by atoms with Crippen molar-refractivity contribution in [2.24, 2.45) is 5.92 Å². The Morgan fingerprint density at radius 1 is 1.03 bits per heavy atom. The third kappa shape index (κ3) is 3.69. The molecule has 166 valence electrons. The van der Waals surface area contributed by atoms with Gasteiger partial charge in [-0.2, -0.15) is 10.4 Å². The van der Waals surface area contributed by atoms with Crippen LogP contribution in [0.25, 0.3) is 16.9 Å². The predicted octanol–water partition coefficient (Wildman–Crippen LogP) is 4.53. The molecule has 1 unspecified atom stereocenters. The molecule has 4 aromatic rings. The van der Waals surface area contributed by atoms with Gasteiger partial charge in [-0.1, -0.05) is 30.3 Å². The maximum atomic E-state index is 13.4. The molecule has 3 aromatic carbocycles. The summed E-state index contributed by atoms with van der Waals surface area (Å²) < 4.78 is 20.6. The van der Waals surface area contributed by atoms with E-state index in [1.165, 1.54) is 24.3 Å². The number of benzene rings is 3. The number of ketones is 1. The molecule has 1 aliphatic rings. The first-order chi connectivity index (χ1) is 16.6. The Kier molecular flexibility index (Phi) is 5.36. The summed E-state index contributed by atoms with van der Waals surface area (Å²) in [7, 11) is 0. The molecule has 0 aliphatic carbocycles. The van der Waals surface area contributed by atoms with Crippen molar-refractivity contribution in [2.45, 2.75) is 6.61 Å². The lowest BCUT2D eigenvalue weighted by Crippen LogP contribution is -2.29. The fourth-order valence-corrected chi connectivity index (χ4v) is 3.88. The smallest absolute Gasteiger partial charge is 0.249 e. The summed E-state index contributed by atoms with van der Waals surface area (Å²) in [6, 6.07) is 23.5. The fraction of sp³-hybridized carbons (Fsp3) is 0.0769. The number of hydrogen-bond donors (Lipinski definition) is 1. The summed E-state index contributed by atoms with van der Waals surface area (Å²) in [6.45, 7) is 0.0674. The summed E-state index contributed by atoms with van der Waals surface area (Å²) in [5.41, 5.74) is 2.92. The third-order valence-electron chi connectivity index (χ3n) is 5.50. The number of hydrogen-bond acceptors (Lipinski definition) is 5. The molecule has 1 aliphatic heterocycles. The number of rotatable bonds is 5. The Labute approximate surface area is 194 Å². The van der Waals surface area contributed by atoms with Gasteiger partial charge in [0.05, 0.1) is 17.5 Å². The zero-order valence-electron chi connectivity index (χ0n) is 17.7. The molecule has 1 N–H and O–H groups in total. The van der Waals surface area contributed by atoms with Crippen LogP contribution < -0.4 is 10.1 Å². The molecule has 1 aromatic heterocycles. The van der Waals surface area contributed by atoms with E-state index in [9.17, 15) is 19.2 Å². The quantitative estimate of drug-likeness (QED) is 0.354. The Hall–Kier alpha value is -4.77. The van der Waals surface area contributed by atoms with Crippen LogP contribution in [0.5, 0.6) is 5.75 Å². The van der Waals surface area contributed by atoms with Crippen LogP contribution in [0.3, 0.4) is 0 Å². The van der Waals surface area contributed by atoms with Crippen LogP contribution in [-0.2, 0) is 11.4 Å². The first kappa shape index (κ1) is 21.1. The molecule has 0 fully saturated rings. The number of nitrogens with one attached hydrogen (secondary N) is 1. The van der Waals surface area contributed by atoms with Crippen molar-refractivity contribution in [1.82, 2.24) is 9.78 Å². The minimum Gasteiger partial charge on any atom is -0.488 e. The summed E-state index contributed by atoms with van der Waals surface area (Å²) in [5, 5.41) is 16.7. The van der Waals surface area contributed by atoms with E-state index in [1.54, 1.807) is 10.8 Å². The standard InChI is InChI=1S/C26H17FN4O3/c27-16-10-12-17(13-11-16)29-26(33)20(14-28)25(32)23-21-15-34-22-9-5-4-8-19(22)24(21)31(30-23)18-6-2-1-3-7-18/h1-13,20H,15H2,(H,29,33). The van der Waals surface area contributed by atoms with Gasteiger partial charge >= 0.3 is 0 Å². The topological polar surface area (TPSA) is 97.0 Å². The highest BCUT2D eigenvalue weighted by molar-refractivity contribution is 6.15. The number of carbonyl (C=O) groups excluding carboxylic acids is 2. The Balaban J connectivity index is 1.57. The number of halogens is 1. The van der Waals surface area contributed by atoms with Crippen LogP contribution in [0, 0.1) is 23.1 Å². The van der Waals surface area contributed by atoms with E-state index in [4.69, 9.17) is 4.74 Å². The first-order valence-corrected chi connectivity index (χ1v) is 10.5. The Bertz CT molecular complexity index is 1440.